The van der Waals surface area contributed by atoms with Gasteiger partial charge in [-0.05, 0) is 49.3 Å². The normalized spacial score (nSPS) is 22.1. The molecule has 2 aliphatic heterocycles. The van der Waals surface area contributed by atoms with Gasteiger partial charge >= 0.3 is 0 Å². The molecule has 1 amide bonds. The van der Waals surface area contributed by atoms with E-state index in [-0.39, 0.29) is 11.8 Å². The number of carbonyl (C=O) groups excluding carboxylic acids is 1. The summed E-state index contributed by atoms with van der Waals surface area (Å²) in [5, 5.41) is 3.02. The van der Waals surface area contributed by atoms with E-state index >= 15 is 0 Å². The molecule has 2 saturated heterocycles. The molecule has 3 rings (SSSR count). The van der Waals surface area contributed by atoms with Gasteiger partial charge in [0, 0.05) is 58.4 Å². The lowest BCUT2D eigenvalue weighted by atomic mass is 9.97. The highest BCUT2D eigenvalue weighted by Gasteiger charge is 2.32. The smallest absolute Gasteiger partial charge is 0.281 e. The Bertz CT molecular complexity index is 787. The van der Waals surface area contributed by atoms with Crippen LogP contribution >= 0.6 is 0 Å². The van der Waals surface area contributed by atoms with Gasteiger partial charge in [0.1, 0.15) is 0 Å². The highest BCUT2D eigenvalue weighted by molar-refractivity contribution is 7.86. The number of amides is 1. The third-order valence-corrected chi connectivity index (χ3v) is 7.98. The van der Waals surface area contributed by atoms with Gasteiger partial charge < -0.3 is 10.2 Å². The van der Waals surface area contributed by atoms with Gasteiger partial charge in [0.25, 0.3) is 10.2 Å². The van der Waals surface area contributed by atoms with Crippen molar-refractivity contribution in [3.63, 3.8) is 0 Å². The molecule has 29 heavy (non-hydrogen) atoms. The fourth-order valence-electron chi connectivity index (χ4n) is 4.16. The Morgan fingerprint density at radius 1 is 1.10 bits per heavy atom. The minimum absolute atomic E-state index is 0.0147. The van der Waals surface area contributed by atoms with Crippen molar-refractivity contribution in [2.24, 2.45) is 11.8 Å². The molecule has 0 aromatic heterocycles. The van der Waals surface area contributed by atoms with Crippen molar-refractivity contribution >= 4 is 21.8 Å². The number of anilines is 1. The monoisotopic (exact) mass is 422 g/mol. The van der Waals surface area contributed by atoms with Crippen LogP contribution in [0.5, 0.6) is 0 Å². The van der Waals surface area contributed by atoms with Crippen molar-refractivity contribution in [2.45, 2.75) is 39.2 Å². The molecule has 8 heteroatoms. The van der Waals surface area contributed by atoms with Crippen LogP contribution in [0.3, 0.4) is 0 Å². The van der Waals surface area contributed by atoms with Crippen molar-refractivity contribution in [2.75, 3.05) is 45.2 Å². The Balaban J connectivity index is 1.46. The molecule has 1 aromatic rings. The first kappa shape index (κ1) is 22.1. The number of hydrogen-bond donors (Lipinski definition) is 1. The fourth-order valence-corrected chi connectivity index (χ4v) is 5.30. The van der Waals surface area contributed by atoms with Crippen LogP contribution in [0.25, 0.3) is 0 Å². The lowest BCUT2D eigenvalue weighted by molar-refractivity contribution is -0.126. The first-order chi connectivity index (χ1) is 13.8. The lowest BCUT2D eigenvalue weighted by Gasteiger charge is -2.33. The molecular weight excluding hydrogens is 388 g/mol. The SMILES string of the molecule is C[C@H]1CCCN(c2ccc(CNC(=O)C3CCN(S(=O)(=O)N(C)C)CC3)cc2)C1. The summed E-state index contributed by atoms with van der Waals surface area (Å²) in [6.45, 7) is 5.81. The number of nitrogens with one attached hydrogen (secondary N) is 1. The van der Waals surface area contributed by atoms with Gasteiger partial charge in [-0.1, -0.05) is 19.1 Å². The molecular formula is C21H34N4O3S. The highest BCUT2D eigenvalue weighted by Crippen LogP contribution is 2.24. The van der Waals surface area contributed by atoms with Crippen LogP contribution in [-0.2, 0) is 21.5 Å². The zero-order chi connectivity index (χ0) is 21.0. The Hall–Kier alpha value is -1.64. The van der Waals surface area contributed by atoms with E-state index in [9.17, 15) is 13.2 Å². The molecule has 0 unspecified atom stereocenters. The number of benzene rings is 1. The first-order valence-electron chi connectivity index (χ1n) is 10.6. The van der Waals surface area contributed by atoms with Crippen molar-refractivity contribution in [3.8, 4) is 0 Å². The summed E-state index contributed by atoms with van der Waals surface area (Å²) < 4.78 is 27.0. The molecule has 7 nitrogen and oxygen atoms in total. The second-order valence-corrected chi connectivity index (χ2v) is 10.7. The summed E-state index contributed by atoms with van der Waals surface area (Å²) in [5.41, 5.74) is 2.33. The minimum atomic E-state index is -3.39. The standard InChI is InChI=1S/C21H34N4O3S/c1-17-5-4-12-24(16-17)20-8-6-18(7-9-20)15-22-21(26)19-10-13-25(14-11-19)29(27,28)23(2)3/h6-9,17,19H,4-5,10-16H2,1-3H3,(H,22,26)/t17-/m0/s1. The molecule has 0 spiro atoms. The second kappa shape index (κ2) is 9.45. The Morgan fingerprint density at radius 3 is 2.34 bits per heavy atom. The largest absolute Gasteiger partial charge is 0.371 e. The quantitative estimate of drug-likeness (QED) is 0.762. The van der Waals surface area contributed by atoms with Gasteiger partial charge in [-0.25, -0.2) is 0 Å². The van der Waals surface area contributed by atoms with Crippen LogP contribution in [0.2, 0.25) is 0 Å². The highest BCUT2D eigenvalue weighted by atomic mass is 32.2. The number of piperidine rings is 2. The van der Waals surface area contributed by atoms with Gasteiger partial charge in [-0.2, -0.15) is 17.0 Å². The van der Waals surface area contributed by atoms with Gasteiger partial charge in [-0.15, -0.1) is 0 Å². The molecule has 1 atom stereocenters. The topological polar surface area (TPSA) is 73.0 Å². The van der Waals surface area contributed by atoms with Crippen LogP contribution in [-0.4, -0.2) is 63.2 Å². The molecule has 2 heterocycles. The molecule has 0 aliphatic carbocycles. The Kier molecular flexibility index (Phi) is 7.19. The third kappa shape index (κ3) is 5.49. The van der Waals surface area contributed by atoms with Crippen molar-refractivity contribution in [1.82, 2.24) is 13.9 Å². The number of rotatable bonds is 6. The number of nitrogens with zero attached hydrogens (tertiary/aromatic N) is 3. The second-order valence-electron chi connectivity index (χ2n) is 8.54. The average Bonchev–Trinajstić information content (AvgIpc) is 2.72. The van der Waals surface area contributed by atoms with Gasteiger partial charge in [-0.3, -0.25) is 4.79 Å². The van der Waals surface area contributed by atoms with E-state index in [1.807, 2.05) is 0 Å². The van der Waals surface area contributed by atoms with E-state index in [0.29, 0.717) is 32.5 Å². The van der Waals surface area contributed by atoms with Gasteiger partial charge in [0.2, 0.25) is 5.91 Å². The molecule has 1 N–H and O–H groups in total. The molecule has 2 fully saturated rings. The minimum Gasteiger partial charge on any atom is -0.371 e. The summed E-state index contributed by atoms with van der Waals surface area (Å²) in [6.07, 6.45) is 3.67. The zero-order valence-corrected chi connectivity index (χ0v) is 18.6. The maximum absolute atomic E-state index is 12.5. The third-order valence-electron chi connectivity index (χ3n) is 6.04. The molecule has 2 aliphatic rings. The summed E-state index contributed by atoms with van der Waals surface area (Å²) in [5.74, 6) is 0.625. The average molecular weight is 423 g/mol. The predicted octanol–water partition coefficient (Wildman–Crippen LogP) is 2.06. The lowest BCUT2D eigenvalue weighted by Crippen LogP contribution is -2.46. The van der Waals surface area contributed by atoms with Crippen LogP contribution in [0, 0.1) is 11.8 Å². The maximum atomic E-state index is 12.5. The van der Waals surface area contributed by atoms with Crippen molar-refractivity contribution in [3.05, 3.63) is 29.8 Å². The zero-order valence-electron chi connectivity index (χ0n) is 17.8. The van der Waals surface area contributed by atoms with Crippen LogP contribution < -0.4 is 10.2 Å². The van der Waals surface area contributed by atoms with Gasteiger partial charge in [0.05, 0.1) is 0 Å². The number of hydrogen-bond acceptors (Lipinski definition) is 4. The van der Waals surface area contributed by atoms with Crippen LogP contribution in [0.15, 0.2) is 24.3 Å². The van der Waals surface area contributed by atoms with Gasteiger partial charge in [0.15, 0.2) is 0 Å². The Labute approximate surface area is 175 Å². The molecule has 0 saturated carbocycles. The van der Waals surface area contributed by atoms with E-state index in [4.69, 9.17) is 0 Å². The molecule has 162 valence electrons. The maximum Gasteiger partial charge on any atom is 0.281 e. The molecule has 1 aromatic carbocycles. The number of carbonyl (C=O) groups is 1. The van der Waals surface area contributed by atoms with E-state index in [1.54, 1.807) is 0 Å². The van der Waals surface area contributed by atoms with E-state index in [2.05, 4.69) is 41.4 Å². The summed E-state index contributed by atoms with van der Waals surface area (Å²) >= 11 is 0. The van der Waals surface area contributed by atoms with Crippen molar-refractivity contribution in [1.29, 1.82) is 0 Å². The summed E-state index contributed by atoms with van der Waals surface area (Å²) in [4.78, 5) is 15.0. The summed E-state index contributed by atoms with van der Waals surface area (Å²) in [6, 6.07) is 8.45. The van der Waals surface area contributed by atoms with Crippen molar-refractivity contribution < 1.29 is 13.2 Å². The van der Waals surface area contributed by atoms with E-state index < -0.39 is 10.2 Å². The van der Waals surface area contributed by atoms with Crippen LogP contribution in [0.4, 0.5) is 5.69 Å². The fraction of sp³-hybridized carbons (Fsp3) is 0.667. The Morgan fingerprint density at radius 2 is 1.76 bits per heavy atom. The predicted molar refractivity (Wildman–Crippen MR) is 116 cm³/mol. The first-order valence-corrected chi connectivity index (χ1v) is 12.0. The molecule has 0 bridgehead atoms. The summed E-state index contributed by atoms with van der Waals surface area (Å²) in [7, 11) is -0.324. The molecule has 0 radical (unpaired) electrons. The van der Waals surface area contributed by atoms with E-state index in [0.717, 1.165) is 24.6 Å². The van der Waals surface area contributed by atoms with E-state index in [1.165, 1.54) is 41.2 Å². The van der Waals surface area contributed by atoms with Crippen LogP contribution in [0.1, 0.15) is 38.2 Å².